The molecule has 0 amide bonds. The van der Waals surface area contributed by atoms with Crippen LogP contribution in [0.1, 0.15) is 0 Å². The Hall–Kier alpha value is -0.610. The Kier molecular flexibility index (Phi) is 5.56. The molecule has 0 saturated carbocycles. The molecular weight excluding hydrogens is 216 g/mol. The van der Waals surface area contributed by atoms with Crippen molar-refractivity contribution in [1.29, 1.82) is 0 Å². The zero-order chi connectivity index (χ0) is 10.2. The number of hydrogen-bond acceptors (Lipinski definition) is 3. The van der Waals surface area contributed by atoms with E-state index in [2.05, 4.69) is 12.1 Å². The van der Waals surface area contributed by atoms with E-state index in [0.29, 0.717) is 0 Å². The Labute approximate surface area is 92.1 Å². The third kappa shape index (κ3) is 5.19. The maximum atomic E-state index is 10.2. The highest BCUT2D eigenvalue weighted by Crippen LogP contribution is 2.18. The maximum absolute atomic E-state index is 10.2. The fourth-order valence-corrected chi connectivity index (χ4v) is 2.60. The number of rotatable bonds is 6. The fraction of sp³-hybridized carbons (Fsp3) is 0.300. The first-order valence-electron chi connectivity index (χ1n) is 4.26. The van der Waals surface area contributed by atoms with Crippen molar-refractivity contribution < 1.29 is 9.90 Å². The lowest BCUT2D eigenvalue weighted by atomic mass is 10.4. The van der Waals surface area contributed by atoms with E-state index in [1.54, 1.807) is 11.8 Å². The average molecular weight is 228 g/mol. The minimum atomic E-state index is -0.736. The first-order chi connectivity index (χ1) is 6.79. The smallest absolute Gasteiger partial charge is 0.313 e. The molecule has 0 unspecified atom stereocenters. The predicted octanol–water partition coefficient (Wildman–Crippen LogP) is 2.60. The summed E-state index contributed by atoms with van der Waals surface area (Å²) in [6.07, 6.45) is 0. The molecule has 0 heterocycles. The quantitative estimate of drug-likeness (QED) is 0.600. The molecule has 14 heavy (non-hydrogen) atoms. The first kappa shape index (κ1) is 11.5. The molecule has 1 aromatic rings. The van der Waals surface area contributed by atoms with Crippen LogP contribution in [0, 0.1) is 0 Å². The first-order valence-corrected chi connectivity index (χ1v) is 6.40. The zero-order valence-electron chi connectivity index (χ0n) is 7.68. The summed E-state index contributed by atoms with van der Waals surface area (Å²) in [7, 11) is 0. The van der Waals surface area contributed by atoms with Gasteiger partial charge in [0.05, 0.1) is 5.75 Å². The fourth-order valence-electron chi connectivity index (χ4n) is 0.895. The van der Waals surface area contributed by atoms with E-state index >= 15 is 0 Å². The summed E-state index contributed by atoms with van der Waals surface area (Å²) in [5, 5.41) is 8.40. The molecule has 76 valence electrons. The van der Waals surface area contributed by atoms with E-state index in [1.165, 1.54) is 16.7 Å². The van der Waals surface area contributed by atoms with E-state index in [9.17, 15) is 4.79 Å². The SMILES string of the molecule is O=C(O)CSCCSc1ccccc1. The normalized spacial score (nSPS) is 10.0. The molecule has 0 radical (unpaired) electrons. The van der Waals surface area contributed by atoms with Crippen molar-refractivity contribution in [3.05, 3.63) is 30.3 Å². The van der Waals surface area contributed by atoms with Crippen LogP contribution in [0.4, 0.5) is 0 Å². The molecule has 0 bridgehead atoms. The number of thioether (sulfide) groups is 2. The third-order valence-corrected chi connectivity index (χ3v) is 3.68. The van der Waals surface area contributed by atoms with E-state index in [0.717, 1.165) is 11.5 Å². The van der Waals surface area contributed by atoms with Crippen LogP contribution in [-0.2, 0) is 4.79 Å². The largest absolute Gasteiger partial charge is 0.481 e. The Morgan fingerprint density at radius 2 is 1.93 bits per heavy atom. The summed E-state index contributed by atoms with van der Waals surface area (Å²) < 4.78 is 0. The van der Waals surface area contributed by atoms with Crippen LogP contribution in [0.2, 0.25) is 0 Å². The second kappa shape index (κ2) is 6.79. The minimum Gasteiger partial charge on any atom is -0.481 e. The van der Waals surface area contributed by atoms with Crippen LogP contribution in [-0.4, -0.2) is 28.3 Å². The highest BCUT2D eigenvalue weighted by atomic mass is 32.2. The average Bonchev–Trinajstić information content (AvgIpc) is 2.18. The summed E-state index contributed by atoms with van der Waals surface area (Å²) in [5.41, 5.74) is 0. The standard InChI is InChI=1S/C10H12O2S2/c11-10(12)8-13-6-7-14-9-4-2-1-3-5-9/h1-5H,6-8H2,(H,11,12). The molecule has 0 atom stereocenters. The highest BCUT2D eigenvalue weighted by molar-refractivity contribution is 8.03. The van der Waals surface area contributed by atoms with E-state index in [-0.39, 0.29) is 5.75 Å². The van der Waals surface area contributed by atoms with Crippen LogP contribution < -0.4 is 0 Å². The van der Waals surface area contributed by atoms with E-state index in [4.69, 9.17) is 5.11 Å². The minimum absolute atomic E-state index is 0.204. The maximum Gasteiger partial charge on any atom is 0.313 e. The van der Waals surface area contributed by atoms with Crippen molar-refractivity contribution in [1.82, 2.24) is 0 Å². The number of benzene rings is 1. The van der Waals surface area contributed by atoms with Gasteiger partial charge in [0.2, 0.25) is 0 Å². The summed E-state index contributed by atoms with van der Waals surface area (Å²) in [6.45, 7) is 0. The van der Waals surface area contributed by atoms with Crippen LogP contribution in [0.5, 0.6) is 0 Å². The van der Waals surface area contributed by atoms with Gasteiger partial charge in [-0.05, 0) is 12.1 Å². The molecule has 1 rings (SSSR count). The Morgan fingerprint density at radius 3 is 2.57 bits per heavy atom. The summed E-state index contributed by atoms with van der Waals surface area (Å²) >= 11 is 3.22. The van der Waals surface area contributed by atoms with Gasteiger partial charge < -0.3 is 5.11 Å². The lowest BCUT2D eigenvalue weighted by Gasteiger charge is -1.99. The van der Waals surface area contributed by atoms with Gasteiger partial charge in [-0.1, -0.05) is 18.2 Å². The molecule has 0 fully saturated rings. The van der Waals surface area contributed by atoms with Crippen molar-refractivity contribution in [3.63, 3.8) is 0 Å². The molecule has 1 aromatic carbocycles. The number of aliphatic carboxylic acids is 1. The Balaban J connectivity index is 2.08. The molecule has 0 aromatic heterocycles. The number of carboxylic acid groups (broad SMARTS) is 1. The third-order valence-electron chi connectivity index (χ3n) is 1.47. The van der Waals surface area contributed by atoms with Gasteiger partial charge in [0.1, 0.15) is 0 Å². The molecule has 0 saturated heterocycles. The Morgan fingerprint density at radius 1 is 1.21 bits per heavy atom. The molecule has 2 nitrogen and oxygen atoms in total. The molecule has 0 aliphatic rings. The van der Waals surface area contributed by atoms with Crippen molar-refractivity contribution in [3.8, 4) is 0 Å². The van der Waals surface area contributed by atoms with Crippen LogP contribution in [0.25, 0.3) is 0 Å². The van der Waals surface area contributed by atoms with Gasteiger partial charge in [0.25, 0.3) is 0 Å². The van der Waals surface area contributed by atoms with Crippen molar-refractivity contribution in [2.45, 2.75) is 4.90 Å². The molecule has 0 aliphatic heterocycles. The predicted molar refractivity (Wildman–Crippen MR) is 62.1 cm³/mol. The monoisotopic (exact) mass is 228 g/mol. The van der Waals surface area contributed by atoms with Gasteiger partial charge in [0, 0.05) is 16.4 Å². The molecular formula is C10H12O2S2. The summed E-state index contributed by atoms with van der Waals surface area (Å²) in [5.74, 6) is 1.31. The summed E-state index contributed by atoms with van der Waals surface area (Å²) in [6, 6.07) is 10.1. The topological polar surface area (TPSA) is 37.3 Å². The number of carbonyl (C=O) groups is 1. The van der Waals surface area contributed by atoms with Crippen molar-refractivity contribution in [2.75, 3.05) is 17.3 Å². The second-order valence-electron chi connectivity index (χ2n) is 2.61. The van der Waals surface area contributed by atoms with Crippen LogP contribution >= 0.6 is 23.5 Å². The molecule has 4 heteroatoms. The van der Waals surface area contributed by atoms with E-state index < -0.39 is 5.97 Å². The van der Waals surface area contributed by atoms with Crippen molar-refractivity contribution in [2.24, 2.45) is 0 Å². The zero-order valence-corrected chi connectivity index (χ0v) is 9.31. The highest BCUT2D eigenvalue weighted by Gasteiger charge is 1.97. The van der Waals surface area contributed by atoms with Gasteiger partial charge in [-0.15, -0.1) is 23.5 Å². The van der Waals surface area contributed by atoms with Crippen LogP contribution in [0.15, 0.2) is 35.2 Å². The molecule has 0 spiro atoms. The Bertz CT molecular complexity index is 275. The lowest BCUT2D eigenvalue weighted by molar-refractivity contribution is -0.133. The molecule has 1 N–H and O–H groups in total. The van der Waals surface area contributed by atoms with Gasteiger partial charge in [-0.3, -0.25) is 4.79 Å². The number of hydrogen-bond donors (Lipinski definition) is 1. The molecule has 0 aliphatic carbocycles. The van der Waals surface area contributed by atoms with Gasteiger partial charge in [0.15, 0.2) is 0 Å². The lowest BCUT2D eigenvalue weighted by Crippen LogP contribution is -1.99. The summed E-state index contributed by atoms with van der Waals surface area (Å²) in [4.78, 5) is 11.4. The van der Waals surface area contributed by atoms with Crippen LogP contribution in [0.3, 0.4) is 0 Å². The second-order valence-corrected chi connectivity index (χ2v) is 4.88. The number of carboxylic acids is 1. The van der Waals surface area contributed by atoms with Gasteiger partial charge in [-0.25, -0.2) is 0 Å². The van der Waals surface area contributed by atoms with E-state index in [1.807, 2.05) is 18.2 Å². The van der Waals surface area contributed by atoms with Gasteiger partial charge in [-0.2, -0.15) is 0 Å². The van der Waals surface area contributed by atoms with Crippen molar-refractivity contribution >= 4 is 29.5 Å². The van der Waals surface area contributed by atoms with Gasteiger partial charge >= 0.3 is 5.97 Å².